The molecule has 2 rings (SSSR count). The monoisotopic (exact) mass is 285 g/mol. The molecule has 0 radical (unpaired) electrons. The molecule has 1 saturated heterocycles. The molecule has 0 amide bonds. The van der Waals surface area contributed by atoms with E-state index in [0.717, 1.165) is 36.0 Å². The van der Waals surface area contributed by atoms with E-state index in [4.69, 9.17) is 0 Å². The maximum atomic E-state index is 13.7. The molecule has 0 bridgehead atoms. The van der Waals surface area contributed by atoms with Gasteiger partial charge in [0, 0.05) is 4.47 Å². The highest BCUT2D eigenvalue weighted by atomic mass is 79.9. The van der Waals surface area contributed by atoms with E-state index in [2.05, 4.69) is 28.2 Å². The summed E-state index contributed by atoms with van der Waals surface area (Å²) >= 11 is 3.44. The summed E-state index contributed by atoms with van der Waals surface area (Å²) < 4.78 is 14.6. The molecule has 0 aliphatic carbocycles. The van der Waals surface area contributed by atoms with Crippen LogP contribution in [0.1, 0.15) is 35.4 Å². The van der Waals surface area contributed by atoms with E-state index in [1.165, 1.54) is 11.1 Å². The third-order valence-corrected chi connectivity index (χ3v) is 4.35. The van der Waals surface area contributed by atoms with Gasteiger partial charge in [-0.1, -0.05) is 15.9 Å². The molecule has 1 fully saturated rings. The summed E-state index contributed by atoms with van der Waals surface area (Å²) in [7, 11) is 0. The zero-order chi connectivity index (χ0) is 11.7. The molecule has 0 unspecified atom stereocenters. The Hall–Kier alpha value is -0.410. The van der Waals surface area contributed by atoms with Gasteiger partial charge in [-0.3, -0.25) is 0 Å². The van der Waals surface area contributed by atoms with Gasteiger partial charge in [0.25, 0.3) is 0 Å². The third-order valence-electron chi connectivity index (χ3n) is 3.53. The molecule has 1 N–H and O–H groups in total. The van der Waals surface area contributed by atoms with Crippen LogP contribution in [0.4, 0.5) is 4.39 Å². The van der Waals surface area contributed by atoms with Crippen molar-refractivity contribution < 1.29 is 4.39 Å². The fourth-order valence-electron chi connectivity index (χ4n) is 2.59. The van der Waals surface area contributed by atoms with Crippen LogP contribution in [0.5, 0.6) is 0 Å². The second-order valence-corrected chi connectivity index (χ2v) is 5.38. The van der Waals surface area contributed by atoms with Crippen LogP contribution < -0.4 is 5.32 Å². The lowest BCUT2D eigenvalue weighted by Gasteiger charge is -2.26. The normalized spacial score (nSPS) is 17.8. The number of piperidine rings is 1. The van der Waals surface area contributed by atoms with Gasteiger partial charge in [0.1, 0.15) is 5.82 Å². The van der Waals surface area contributed by atoms with Gasteiger partial charge < -0.3 is 5.32 Å². The van der Waals surface area contributed by atoms with Crippen LogP contribution in [0.25, 0.3) is 0 Å². The molecule has 0 saturated carbocycles. The minimum atomic E-state index is -0.0917. The maximum Gasteiger partial charge on any atom is 0.127 e. The number of benzene rings is 1. The fourth-order valence-corrected chi connectivity index (χ4v) is 3.00. The topological polar surface area (TPSA) is 12.0 Å². The van der Waals surface area contributed by atoms with Gasteiger partial charge in [0.2, 0.25) is 0 Å². The van der Waals surface area contributed by atoms with E-state index >= 15 is 0 Å². The zero-order valence-corrected chi connectivity index (χ0v) is 11.3. The second-order valence-electron chi connectivity index (χ2n) is 4.53. The molecule has 1 aromatic carbocycles. The first-order valence-electron chi connectivity index (χ1n) is 5.77. The summed E-state index contributed by atoms with van der Waals surface area (Å²) in [4.78, 5) is 0. The summed E-state index contributed by atoms with van der Waals surface area (Å²) in [6.45, 7) is 6.05. The lowest BCUT2D eigenvalue weighted by atomic mass is 9.84. The van der Waals surface area contributed by atoms with Crippen molar-refractivity contribution in [2.24, 2.45) is 0 Å². The van der Waals surface area contributed by atoms with Crippen LogP contribution in [-0.2, 0) is 0 Å². The molecule has 0 aromatic heterocycles. The van der Waals surface area contributed by atoms with E-state index in [0.29, 0.717) is 5.92 Å². The van der Waals surface area contributed by atoms with Crippen molar-refractivity contribution in [1.82, 2.24) is 5.32 Å². The molecule has 88 valence electrons. The van der Waals surface area contributed by atoms with E-state index in [9.17, 15) is 4.39 Å². The number of rotatable bonds is 1. The van der Waals surface area contributed by atoms with Gasteiger partial charge in [-0.15, -0.1) is 0 Å². The van der Waals surface area contributed by atoms with E-state index in [-0.39, 0.29) is 5.82 Å². The lowest BCUT2D eigenvalue weighted by molar-refractivity contribution is 0.455. The van der Waals surface area contributed by atoms with Crippen LogP contribution in [0, 0.1) is 19.7 Å². The lowest BCUT2D eigenvalue weighted by Crippen LogP contribution is -2.27. The smallest absolute Gasteiger partial charge is 0.127 e. The highest BCUT2D eigenvalue weighted by Crippen LogP contribution is 2.35. The molecule has 1 aromatic rings. The van der Waals surface area contributed by atoms with Gasteiger partial charge in [-0.2, -0.15) is 0 Å². The summed E-state index contributed by atoms with van der Waals surface area (Å²) in [5.74, 6) is 0.416. The van der Waals surface area contributed by atoms with Crippen LogP contribution in [0.15, 0.2) is 10.5 Å². The van der Waals surface area contributed by atoms with Crippen molar-refractivity contribution in [3.8, 4) is 0 Å². The first-order valence-corrected chi connectivity index (χ1v) is 6.56. The molecule has 0 atom stereocenters. The Labute approximate surface area is 105 Å². The predicted molar refractivity (Wildman–Crippen MR) is 68.4 cm³/mol. The highest BCUT2D eigenvalue weighted by Gasteiger charge is 2.21. The number of hydrogen-bond acceptors (Lipinski definition) is 1. The Balaban J connectivity index is 2.45. The average Bonchev–Trinajstić information content (AvgIpc) is 2.28. The summed E-state index contributed by atoms with van der Waals surface area (Å²) in [6.07, 6.45) is 2.22. The summed E-state index contributed by atoms with van der Waals surface area (Å²) in [5.41, 5.74) is 3.24. The highest BCUT2D eigenvalue weighted by molar-refractivity contribution is 9.10. The van der Waals surface area contributed by atoms with Crippen molar-refractivity contribution in [1.29, 1.82) is 0 Å². The molecule has 1 aliphatic heterocycles. The number of halogens is 2. The minimum absolute atomic E-state index is 0.0917. The first kappa shape index (κ1) is 12.1. The molecular formula is C13H17BrFN. The fraction of sp³-hybridized carbons (Fsp3) is 0.538. The van der Waals surface area contributed by atoms with Crippen LogP contribution in [-0.4, -0.2) is 13.1 Å². The van der Waals surface area contributed by atoms with E-state index < -0.39 is 0 Å². The summed E-state index contributed by atoms with van der Waals surface area (Å²) in [5, 5.41) is 3.35. The van der Waals surface area contributed by atoms with E-state index in [1.807, 2.05) is 6.92 Å². The van der Waals surface area contributed by atoms with Gasteiger partial charge in [-0.25, -0.2) is 4.39 Å². The SMILES string of the molecule is Cc1c(F)cc(Br)c(C)c1C1CCNCC1. The number of nitrogens with one attached hydrogen (secondary N) is 1. The van der Waals surface area contributed by atoms with E-state index in [1.54, 1.807) is 6.07 Å². The molecule has 0 spiro atoms. The molecule has 3 heteroatoms. The largest absolute Gasteiger partial charge is 0.317 e. The van der Waals surface area contributed by atoms with Crippen LogP contribution in [0.3, 0.4) is 0 Å². The van der Waals surface area contributed by atoms with Gasteiger partial charge >= 0.3 is 0 Å². The number of hydrogen-bond donors (Lipinski definition) is 1. The van der Waals surface area contributed by atoms with Crippen molar-refractivity contribution in [2.75, 3.05) is 13.1 Å². The van der Waals surface area contributed by atoms with Crippen molar-refractivity contribution in [2.45, 2.75) is 32.6 Å². The third kappa shape index (κ3) is 2.16. The second kappa shape index (κ2) is 4.84. The van der Waals surface area contributed by atoms with Crippen molar-refractivity contribution in [3.63, 3.8) is 0 Å². The minimum Gasteiger partial charge on any atom is -0.317 e. The van der Waals surface area contributed by atoms with Crippen LogP contribution >= 0.6 is 15.9 Å². The molecule has 16 heavy (non-hydrogen) atoms. The predicted octanol–water partition coefficient (Wildman–Crippen LogP) is 3.67. The zero-order valence-electron chi connectivity index (χ0n) is 9.74. The molecular weight excluding hydrogens is 269 g/mol. The first-order chi connectivity index (χ1) is 7.61. The Bertz CT molecular complexity index is 371. The maximum absolute atomic E-state index is 13.7. The Morgan fingerprint density at radius 1 is 1.25 bits per heavy atom. The van der Waals surface area contributed by atoms with Gasteiger partial charge in [-0.05, 0) is 68.5 Å². The Morgan fingerprint density at radius 2 is 1.88 bits per heavy atom. The molecule has 1 nitrogen and oxygen atoms in total. The Morgan fingerprint density at radius 3 is 2.50 bits per heavy atom. The van der Waals surface area contributed by atoms with Gasteiger partial charge in [0.05, 0.1) is 0 Å². The van der Waals surface area contributed by atoms with Crippen molar-refractivity contribution >= 4 is 15.9 Å². The standard InChI is InChI=1S/C13H17BrFN/c1-8-11(14)7-12(15)9(2)13(8)10-3-5-16-6-4-10/h7,10,16H,3-6H2,1-2H3. The van der Waals surface area contributed by atoms with Crippen LogP contribution in [0.2, 0.25) is 0 Å². The average molecular weight is 286 g/mol. The summed E-state index contributed by atoms with van der Waals surface area (Å²) in [6, 6.07) is 1.58. The quantitative estimate of drug-likeness (QED) is 0.830. The Kier molecular flexibility index (Phi) is 3.65. The molecule has 1 aliphatic rings. The van der Waals surface area contributed by atoms with Crippen molar-refractivity contribution in [3.05, 3.63) is 33.0 Å². The van der Waals surface area contributed by atoms with Gasteiger partial charge in [0.15, 0.2) is 0 Å². The molecule has 1 heterocycles.